The van der Waals surface area contributed by atoms with Gasteiger partial charge in [-0.3, -0.25) is 0 Å². The number of carboxylic acid groups (broad SMARTS) is 1. The third kappa shape index (κ3) is 3.19. The Bertz CT molecular complexity index is 368. The molecule has 0 aliphatic heterocycles. The number of aliphatic carboxylic acids is 1. The average molecular weight is 294 g/mol. The molecule has 1 aromatic rings. The van der Waals surface area contributed by atoms with Crippen LogP contribution < -0.4 is 0 Å². The minimum absolute atomic E-state index is 0.338. The van der Waals surface area contributed by atoms with E-state index < -0.39 is 12.1 Å². The largest absolute Gasteiger partial charge is 0.479 e. The molecular weight excluding hydrogens is 283 g/mol. The van der Waals surface area contributed by atoms with Gasteiger partial charge in [0.1, 0.15) is 0 Å². The Morgan fingerprint density at radius 3 is 2.80 bits per heavy atom. The zero-order valence-corrected chi connectivity index (χ0v) is 10.4. The van der Waals surface area contributed by atoms with Crippen LogP contribution in [0.2, 0.25) is 5.02 Å². The predicted octanol–water partition coefficient (Wildman–Crippen LogP) is 3.26. The SMILES string of the molecule is CCOC(C(=O)O)c1ccc(Br)c(Cl)c1. The van der Waals surface area contributed by atoms with Crippen molar-refractivity contribution < 1.29 is 14.6 Å². The molecule has 0 aliphatic carbocycles. The van der Waals surface area contributed by atoms with Crippen LogP contribution in [0, 0.1) is 0 Å². The van der Waals surface area contributed by atoms with Gasteiger partial charge in [0.2, 0.25) is 0 Å². The van der Waals surface area contributed by atoms with Gasteiger partial charge in [0.25, 0.3) is 0 Å². The number of carboxylic acids is 1. The fourth-order valence-corrected chi connectivity index (χ4v) is 1.59. The molecule has 0 aromatic heterocycles. The molecule has 0 spiro atoms. The molecule has 5 heteroatoms. The van der Waals surface area contributed by atoms with Crippen molar-refractivity contribution in [2.45, 2.75) is 13.0 Å². The van der Waals surface area contributed by atoms with Crippen molar-refractivity contribution in [1.82, 2.24) is 0 Å². The number of ether oxygens (including phenoxy) is 1. The molecule has 1 aromatic carbocycles. The summed E-state index contributed by atoms with van der Waals surface area (Å²) in [6, 6.07) is 4.96. The maximum atomic E-state index is 10.9. The maximum Gasteiger partial charge on any atom is 0.337 e. The van der Waals surface area contributed by atoms with Crippen molar-refractivity contribution in [2.75, 3.05) is 6.61 Å². The monoisotopic (exact) mass is 292 g/mol. The first-order valence-electron chi connectivity index (χ1n) is 4.35. The third-order valence-corrected chi connectivity index (χ3v) is 3.04. The van der Waals surface area contributed by atoms with E-state index in [0.29, 0.717) is 17.2 Å². The highest BCUT2D eigenvalue weighted by molar-refractivity contribution is 9.10. The molecule has 1 N–H and O–H groups in total. The van der Waals surface area contributed by atoms with E-state index in [1.165, 1.54) is 0 Å². The van der Waals surface area contributed by atoms with Gasteiger partial charge in [-0.2, -0.15) is 0 Å². The van der Waals surface area contributed by atoms with Gasteiger partial charge in [0.05, 0.1) is 5.02 Å². The lowest BCUT2D eigenvalue weighted by atomic mass is 10.1. The molecule has 1 rings (SSSR count). The highest BCUT2D eigenvalue weighted by Crippen LogP contribution is 2.27. The molecule has 82 valence electrons. The van der Waals surface area contributed by atoms with Crippen LogP contribution in [0.25, 0.3) is 0 Å². The van der Waals surface area contributed by atoms with Gasteiger partial charge in [0, 0.05) is 11.1 Å². The zero-order valence-electron chi connectivity index (χ0n) is 8.04. The Labute approximate surface area is 101 Å². The van der Waals surface area contributed by atoms with Gasteiger partial charge >= 0.3 is 5.97 Å². The zero-order chi connectivity index (χ0) is 11.4. The molecule has 0 saturated carbocycles. The Balaban J connectivity index is 3.01. The van der Waals surface area contributed by atoms with Crippen molar-refractivity contribution in [3.8, 4) is 0 Å². The first kappa shape index (κ1) is 12.5. The van der Waals surface area contributed by atoms with Crippen LogP contribution >= 0.6 is 27.5 Å². The van der Waals surface area contributed by atoms with Crippen molar-refractivity contribution in [3.63, 3.8) is 0 Å². The summed E-state index contributed by atoms with van der Waals surface area (Å²) in [6.45, 7) is 2.08. The van der Waals surface area contributed by atoms with Crippen LogP contribution in [0.3, 0.4) is 0 Å². The number of benzene rings is 1. The van der Waals surface area contributed by atoms with Crippen molar-refractivity contribution >= 4 is 33.5 Å². The average Bonchev–Trinajstić information content (AvgIpc) is 2.18. The first-order valence-corrected chi connectivity index (χ1v) is 5.52. The van der Waals surface area contributed by atoms with Gasteiger partial charge in [-0.05, 0) is 40.5 Å². The second-order valence-electron chi connectivity index (χ2n) is 2.85. The van der Waals surface area contributed by atoms with Crippen LogP contribution in [0.1, 0.15) is 18.6 Å². The summed E-state index contributed by atoms with van der Waals surface area (Å²) in [6.07, 6.45) is -0.958. The Hall–Kier alpha value is -0.580. The van der Waals surface area contributed by atoms with Crippen LogP contribution in [0.15, 0.2) is 22.7 Å². The Kier molecular flexibility index (Phi) is 4.57. The molecular formula is C10H10BrClO3. The molecule has 0 amide bonds. The lowest BCUT2D eigenvalue weighted by molar-refractivity contribution is -0.150. The first-order chi connectivity index (χ1) is 7.06. The minimum Gasteiger partial charge on any atom is -0.479 e. The normalized spacial score (nSPS) is 12.5. The van der Waals surface area contributed by atoms with Gasteiger partial charge < -0.3 is 9.84 Å². The van der Waals surface area contributed by atoms with Gasteiger partial charge in [-0.25, -0.2) is 4.79 Å². The molecule has 1 atom stereocenters. The summed E-state index contributed by atoms with van der Waals surface area (Å²) < 4.78 is 5.84. The summed E-state index contributed by atoms with van der Waals surface area (Å²) in [5.74, 6) is -1.02. The summed E-state index contributed by atoms with van der Waals surface area (Å²) in [5.41, 5.74) is 0.539. The maximum absolute atomic E-state index is 10.9. The van der Waals surface area contributed by atoms with Crippen LogP contribution in [0.5, 0.6) is 0 Å². The van der Waals surface area contributed by atoms with Crippen molar-refractivity contribution in [1.29, 1.82) is 0 Å². The van der Waals surface area contributed by atoms with Crippen LogP contribution in [-0.4, -0.2) is 17.7 Å². The molecule has 0 aliphatic rings. The molecule has 15 heavy (non-hydrogen) atoms. The lowest BCUT2D eigenvalue weighted by Crippen LogP contribution is -2.15. The van der Waals surface area contributed by atoms with Gasteiger partial charge in [-0.1, -0.05) is 17.7 Å². The Morgan fingerprint density at radius 1 is 1.67 bits per heavy atom. The molecule has 0 saturated heterocycles. The molecule has 1 unspecified atom stereocenters. The fourth-order valence-electron chi connectivity index (χ4n) is 1.15. The van der Waals surface area contributed by atoms with Gasteiger partial charge in [-0.15, -0.1) is 0 Å². The number of rotatable bonds is 4. The summed E-state index contributed by atoms with van der Waals surface area (Å²) in [7, 11) is 0. The third-order valence-electron chi connectivity index (χ3n) is 1.80. The number of halogens is 2. The fraction of sp³-hybridized carbons (Fsp3) is 0.300. The van der Waals surface area contributed by atoms with E-state index in [4.69, 9.17) is 21.4 Å². The van der Waals surface area contributed by atoms with E-state index in [-0.39, 0.29) is 0 Å². The van der Waals surface area contributed by atoms with E-state index in [1.807, 2.05) is 0 Å². The second kappa shape index (κ2) is 5.49. The molecule has 0 bridgehead atoms. The van der Waals surface area contributed by atoms with Gasteiger partial charge in [0.15, 0.2) is 6.10 Å². The summed E-state index contributed by atoms with van der Waals surface area (Å²) in [5, 5.41) is 9.41. The standard InChI is InChI=1S/C10H10BrClO3/c1-2-15-9(10(13)14)6-3-4-7(11)8(12)5-6/h3-5,9H,2H2,1H3,(H,13,14). The van der Waals surface area contributed by atoms with E-state index in [9.17, 15) is 4.79 Å². The quantitative estimate of drug-likeness (QED) is 0.927. The smallest absolute Gasteiger partial charge is 0.337 e. The van der Waals surface area contributed by atoms with Crippen LogP contribution in [0.4, 0.5) is 0 Å². The lowest BCUT2D eigenvalue weighted by Gasteiger charge is -2.13. The number of hydrogen-bond acceptors (Lipinski definition) is 2. The second-order valence-corrected chi connectivity index (χ2v) is 4.11. The van der Waals surface area contributed by atoms with E-state index in [2.05, 4.69) is 15.9 Å². The molecule has 3 nitrogen and oxygen atoms in total. The molecule has 0 fully saturated rings. The topological polar surface area (TPSA) is 46.5 Å². The molecule has 0 radical (unpaired) electrons. The van der Waals surface area contributed by atoms with E-state index >= 15 is 0 Å². The molecule has 0 heterocycles. The summed E-state index contributed by atoms with van der Waals surface area (Å²) >= 11 is 9.10. The van der Waals surface area contributed by atoms with E-state index in [1.54, 1.807) is 25.1 Å². The number of hydrogen-bond donors (Lipinski definition) is 1. The van der Waals surface area contributed by atoms with Crippen molar-refractivity contribution in [3.05, 3.63) is 33.3 Å². The summed E-state index contributed by atoms with van der Waals surface area (Å²) in [4.78, 5) is 10.9. The highest BCUT2D eigenvalue weighted by Gasteiger charge is 2.20. The predicted molar refractivity (Wildman–Crippen MR) is 61.2 cm³/mol. The minimum atomic E-state index is -1.02. The van der Waals surface area contributed by atoms with Crippen molar-refractivity contribution in [2.24, 2.45) is 0 Å². The Morgan fingerprint density at radius 2 is 2.33 bits per heavy atom. The van der Waals surface area contributed by atoms with Crippen LogP contribution in [-0.2, 0) is 9.53 Å². The highest BCUT2D eigenvalue weighted by atomic mass is 79.9. The number of carbonyl (C=O) groups is 1. The van der Waals surface area contributed by atoms with E-state index in [0.717, 1.165) is 4.47 Å².